The summed E-state index contributed by atoms with van der Waals surface area (Å²) in [5.41, 5.74) is 26.5. The van der Waals surface area contributed by atoms with Crippen LogP contribution in [0.4, 0.5) is 0 Å². The molecule has 3 nitrogen and oxygen atoms in total. The zero-order valence-corrected chi connectivity index (χ0v) is 64.1. The van der Waals surface area contributed by atoms with Crippen LogP contribution >= 0.6 is 8.60 Å². The van der Waals surface area contributed by atoms with Gasteiger partial charge in [-0.2, -0.15) is 0 Å². The molecule has 0 bridgehead atoms. The van der Waals surface area contributed by atoms with Crippen LogP contribution in [-0.4, -0.2) is 14.7 Å². The standard InChI is InChI=1S/3C28H42.H3O3P/c3*1-25(2,3)21-13-19(14-22(17-21)26(4,5)6)20-15-23(27(7,8)9)18-24(16-20)28(10,11)12;1-4(2)3/h3*13-18H,1-12H3;1-3H. The SMILES string of the molecule is CC(C)(C)c1cc(-c2cc(C(C)(C)C)cc(C(C)(C)C)c2)cc(C(C)(C)C)c1.CC(C)(C)c1cc(-c2cc(C(C)(C)C)cc(C(C)(C)C)c2)cc(C(C)(C)C)c1.CC(C)(C)c1cc(-c2cc(C(C)(C)C)cc(C(C)(C)C)c2)cc(C(C)(C)C)c1.OP(O)O. The van der Waals surface area contributed by atoms with E-state index in [-0.39, 0.29) is 65.0 Å². The van der Waals surface area contributed by atoms with E-state index in [4.69, 9.17) is 14.7 Å². The minimum Gasteiger partial charge on any atom is -0.328 e. The van der Waals surface area contributed by atoms with Gasteiger partial charge in [-0.25, -0.2) is 0 Å². The van der Waals surface area contributed by atoms with Gasteiger partial charge >= 0.3 is 8.60 Å². The van der Waals surface area contributed by atoms with Gasteiger partial charge in [0.05, 0.1) is 0 Å². The monoisotopic (exact) mass is 1220 g/mol. The second-order valence-electron chi connectivity index (χ2n) is 38.1. The number of rotatable bonds is 3. The molecule has 6 aromatic carbocycles. The summed E-state index contributed by atoms with van der Waals surface area (Å²) in [5, 5.41) is 0. The van der Waals surface area contributed by atoms with E-state index in [0.717, 1.165) is 0 Å². The van der Waals surface area contributed by atoms with E-state index in [1.54, 1.807) is 0 Å². The molecule has 488 valence electrons. The first-order valence-electron chi connectivity index (χ1n) is 32.7. The van der Waals surface area contributed by atoms with Gasteiger partial charge < -0.3 is 14.7 Å². The summed E-state index contributed by atoms with van der Waals surface area (Å²) in [7, 11) is -2.62. The van der Waals surface area contributed by atoms with Crippen molar-refractivity contribution in [2.75, 3.05) is 0 Å². The smallest absolute Gasteiger partial charge is 0.324 e. The quantitative estimate of drug-likeness (QED) is 0.155. The number of hydrogen-bond donors (Lipinski definition) is 3. The van der Waals surface area contributed by atoms with E-state index < -0.39 is 8.60 Å². The van der Waals surface area contributed by atoms with E-state index in [1.165, 1.54) is 100 Å². The van der Waals surface area contributed by atoms with Crippen molar-refractivity contribution in [2.24, 2.45) is 0 Å². The summed E-state index contributed by atoms with van der Waals surface area (Å²) in [6.07, 6.45) is 0. The van der Waals surface area contributed by atoms with Gasteiger partial charge in [0.15, 0.2) is 0 Å². The summed E-state index contributed by atoms with van der Waals surface area (Å²) in [4.78, 5) is 21.7. The van der Waals surface area contributed by atoms with Crippen molar-refractivity contribution in [1.29, 1.82) is 0 Å². The highest BCUT2D eigenvalue weighted by molar-refractivity contribution is 7.38. The Kier molecular flexibility index (Phi) is 24.0. The average molecular weight is 1220 g/mol. The fourth-order valence-corrected chi connectivity index (χ4v) is 9.96. The molecule has 3 N–H and O–H groups in total. The Labute approximate surface area is 543 Å². The van der Waals surface area contributed by atoms with E-state index in [9.17, 15) is 0 Å². The molecule has 88 heavy (non-hydrogen) atoms. The molecule has 6 rings (SSSR count). The minimum absolute atomic E-state index is 0.129. The van der Waals surface area contributed by atoms with E-state index in [0.29, 0.717) is 0 Å². The second kappa shape index (κ2) is 27.1. The Morgan fingerprint density at radius 1 is 0.148 bits per heavy atom. The predicted octanol–water partition coefficient (Wildman–Crippen LogP) is 24.8. The molecule has 0 saturated carbocycles. The Hall–Kier alpha value is -4.37. The molecule has 4 heteroatoms. The summed E-state index contributed by atoms with van der Waals surface area (Å²) >= 11 is 0. The third-order valence-corrected chi connectivity index (χ3v) is 17.0. The van der Waals surface area contributed by atoms with Gasteiger partial charge in [-0.1, -0.05) is 358 Å². The average Bonchev–Trinajstić information content (AvgIpc) is 1.56. The fourth-order valence-electron chi connectivity index (χ4n) is 9.96. The Morgan fingerprint density at radius 2 is 0.205 bits per heavy atom. The molecule has 0 spiro atoms. The van der Waals surface area contributed by atoms with Crippen LogP contribution in [0.2, 0.25) is 0 Å². The van der Waals surface area contributed by atoms with Crippen LogP contribution in [0, 0.1) is 0 Å². The maximum Gasteiger partial charge on any atom is 0.324 e. The van der Waals surface area contributed by atoms with Crippen LogP contribution in [-0.2, 0) is 65.0 Å². The molecule has 0 aliphatic rings. The molecular formula is C84H129O3P. The molecule has 6 aromatic rings. The molecule has 0 fully saturated rings. The van der Waals surface area contributed by atoms with Crippen molar-refractivity contribution < 1.29 is 14.7 Å². The summed E-state index contributed by atoms with van der Waals surface area (Å²) < 4.78 is 0. The van der Waals surface area contributed by atoms with Gasteiger partial charge in [-0.05, 0) is 165 Å². The summed E-state index contributed by atoms with van der Waals surface area (Å²) in [5.74, 6) is 0. The maximum atomic E-state index is 7.23. The van der Waals surface area contributed by atoms with Gasteiger partial charge in [-0.3, -0.25) is 0 Å². The Balaban J connectivity index is 0.000000334. The van der Waals surface area contributed by atoms with Crippen LogP contribution in [0.1, 0.15) is 316 Å². The van der Waals surface area contributed by atoms with E-state index in [2.05, 4.69) is 358 Å². The minimum atomic E-state index is -2.62. The van der Waals surface area contributed by atoms with E-state index in [1.807, 2.05) is 0 Å². The summed E-state index contributed by atoms with van der Waals surface area (Å²) in [6, 6.07) is 43.3. The van der Waals surface area contributed by atoms with Gasteiger partial charge in [0.1, 0.15) is 0 Å². The normalized spacial score (nSPS) is 13.5. The van der Waals surface area contributed by atoms with Crippen molar-refractivity contribution in [2.45, 2.75) is 314 Å². The maximum absolute atomic E-state index is 7.23. The molecule has 0 unspecified atom stereocenters. The van der Waals surface area contributed by atoms with Gasteiger partial charge in [-0.15, -0.1) is 0 Å². The van der Waals surface area contributed by atoms with Crippen LogP contribution in [0.25, 0.3) is 33.4 Å². The van der Waals surface area contributed by atoms with Crippen LogP contribution in [0.3, 0.4) is 0 Å². The molecule has 0 aliphatic carbocycles. The zero-order valence-electron chi connectivity index (χ0n) is 63.2. The van der Waals surface area contributed by atoms with E-state index >= 15 is 0 Å². The molecule has 0 aromatic heterocycles. The van der Waals surface area contributed by atoms with Crippen molar-refractivity contribution >= 4 is 8.60 Å². The van der Waals surface area contributed by atoms with Crippen LogP contribution in [0.15, 0.2) is 109 Å². The first-order chi connectivity index (χ1) is 38.9. The predicted molar refractivity (Wildman–Crippen MR) is 394 cm³/mol. The van der Waals surface area contributed by atoms with Crippen molar-refractivity contribution in [3.05, 3.63) is 176 Å². The lowest BCUT2D eigenvalue weighted by atomic mass is 9.76. The van der Waals surface area contributed by atoms with Gasteiger partial charge in [0, 0.05) is 0 Å². The highest BCUT2D eigenvalue weighted by Crippen LogP contribution is 2.42. The number of benzene rings is 6. The molecular weight excluding hydrogens is 1090 g/mol. The highest BCUT2D eigenvalue weighted by Gasteiger charge is 2.29. The van der Waals surface area contributed by atoms with Gasteiger partial charge in [0.25, 0.3) is 0 Å². The molecule has 0 aliphatic heterocycles. The van der Waals surface area contributed by atoms with Crippen LogP contribution < -0.4 is 0 Å². The highest BCUT2D eigenvalue weighted by atomic mass is 31.2. The third-order valence-electron chi connectivity index (χ3n) is 17.0. The zero-order chi connectivity index (χ0) is 68.7. The molecule has 0 amide bonds. The first kappa shape index (κ1) is 77.9. The molecule has 0 atom stereocenters. The fraction of sp³-hybridized carbons (Fsp3) is 0.571. The number of hydrogen-bond acceptors (Lipinski definition) is 3. The first-order valence-corrected chi connectivity index (χ1v) is 33.9. The van der Waals surface area contributed by atoms with Crippen molar-refractivity contribution in [1.82, 2.24) is 0 Å². The summed E-state index contributed by atoms with van der Waals surface area (Å²) in [6.45, 7) is 83.2. The lowest BCUT2D eigenvalue weighted by Gasteiger charge is -2.28. The van der Waals surface area contributed by atoms with Crippen LogP contribution in [0.5, 0.6) is 0 Å². The largest absolute Gasteiger partial charge is 0.328 e. The molecule has 0 heterocycles. The van der Waals surface area contributed by atoms with Crippen molar-refractivity contribution in [3.63, 3.8) is 0 Å². The second-order valence-corrected chi connectivity index (χ2v) is 38.6. The Morgan fingerprint density at radius 3 is 0.250 bits per heavy atom. The Bertz CT molecular complexity index is 2530. The van der Waals surface area contributed by atoms with Crippen molar-refractivity contribution in [3.8, 4) is 33.4 Å². The topological polar surface area (TPSA) is 60.7 Å². The molecule has 0 saturated heterocycles. The molecule has 0 radical (unpaired) electrons. The van der Waals surface area contributed by atoms with Gasteiger partial charge in [0.2, 0.25) is 0 Å². The lowest BCUT2D eigenvalue weighted by molar-refractivity contribution is 0.368. The lowest BCUT2D eigenvalue weighted by Crippen LogP contribution is -2.18. The third kappa shape index (κ3) is 23.1.